The molecule has 0 unspecified atom stereocenters. The fraction of sp³-hybridized carbons (Fsp3) is 0.0833. The molecule has 1 aromatic heterocycles. The number of carboxylic acid groups (broad SMARTS) is 1. The number of nitro groups is 1. The molecule has 0 bridgehead atoms. The van der Waals surface area contributed by atoms with Crippen LogP contribution in [-0.2, 0) is 6.54 Å². The molecule has 104 valence electrons. The van der Waals surface area contributed by atoms with Gasteiger partial charge in [-0.1, -0.05) is 11.6 Å². The number of rotatable bonds is 5. The fourth-order valence-corrected chi connectivity index (χ4v) is 2.55. The Morgan fingerprint density at radius 3 is 2.80 bits per heavy atom. The molecule has 0 saturated carbocycles. The van der Waals surface area contributed by atoms with Crippen LogP contribution in [0.15, 0.2) is 29.6 Å². The van der Waals surface area contributed by atoms with Gasteiger partial charge in [0.1, 0.15) is 5.69 Å². The van der Waals surface area contributed by atoms with Crippen molar-refractivity contribution in [1.29, 1.82) is 0 Å². The Morgan fingerprint density at radius 1 is 1.45 bits per heavy atom. The van der Waals surface area contributed by atoms with Crippen molar-refractivity contribution in [3.8, 4) is 0 Å². The van der Waals surface area contributed by atoms with E-state index in [1.807, 2.05) is 0 Å². The van der Waals surface area contributed by atoms with Gasteiger partial charge in [-0.2, -0.15) is 0 Å². The molecule has 6 nitrogen and oxygen atoms in total. The van der Waals surface area contributed by atoms with Gasteiger partial charge in [-0.05, 0) is 18.2 Å². The lowest BCUT2D eigenvalue weighted by Gasteiger charge is -2.06. The van der Waals surface area contributed by atoms with Crippen LogP contribution in [0.4, 0.5) is 11.4 Å². The average Bonchev–Trinajstić information content (AvgIpc) is 2.85. The summed E-state index contributed by atoms with van der Waals surface area (Å²) >= 11 is 7.08. The van der Waals surface area contributed by atoms with E-state index in [0.29, 0.717) is 17.3 Å². The smallest absolute Gasteiger partial charge is 0.336 e. The topological polar surface area (TPSA) is 92.5 Å². The number of benzene rings is 1. The van der Waals surface area contributed by atoms with Gasteiger partial charge in [0.25, 0.3) is 5.69 Å². The molecule has 0 spiro atoms. The molecule has 20 heavy (non-hydrogen) atoms. The Balaban J connectivity index is 2.15. The van der Waals surface area contributed by atoms with Crippen LogP contribution in [0.3, 0.4) is 0 Å². The normalized spacial score (nSPS) is 10.2. The highest BCUT2D eigenvalue weighted by Gasteiger charge is 2.14. The van der Waals surface area contributed by atoms with Gasteiger partial charge in [-0.3, -0.25) is 10.1 Å². The number of carbonyl (C=O) groups is 1. The van der Waals surface area contributed by atoms with Crippen LogP contribution in [0.5, 0.6) is 0 Å². The van der Waals surface area contributed by atoms with Gasteiger partial charge in [0, 0.05) is 27.9 Å². The van der Waals surface area contributed by atoms with Crippen LogP contribution in [0, 0.1) is 10.1 Å². The van der Waals surface area contributed by atoms with Crippen LogP contribution in [0.25, 0.3) is 0 Å². The Kier molecular flexibility index (Phi) is 4.21. The molecule has 0 aliphatic carbocycles. The molecule has 1 aromatic carbocycles. The first kappa shape index (κ1) is 14.3. The number of thiophene rings is 1. The third-order valence-electron chi connectivity index (χ3n) is 2.51. The van der Waals surface area contributed by atoms with E-state index in [9.17, 15) is 14.9 Å². The minimum atomic E-state index is -0.999. The summed E-state index contributed by atoms with van der Waals surface area (Å²) in [6, 6.07) is 5.75. The minimum absolute atomic E-state index is 0.0792. The number of nitrogens with zero attached hydrogens (tertiary/aromatic N) is 1. The highest BCUT2D eigenvalue weighted by atomic mass is 35.5. The monoisotopic (exact) mass is 312 g/mol. The number of nitrogens with one attached hydrogen (secondary N) is 1. The number of hydrogen-bond donors (Lipinski definition) is 2. The Morgan fingerprint density at radius 2 is 2.20 bits per heavy atom. The van der Waals surface area contributed by atoms with Gasteiger partial charge in [-0.25, -0.2) is 4.79 Å². The summed E-state index contributed by atoms with van der Waals surface area (Å²) in [4.78, 5) is 21.9. The van der Waals surface area contributed by atoms with Crippen molar-refractivity contribution in [1.82, 2.24) is 0 Å². The van der Waals surface area contributed by atoms with E-state index in [2.05, 4.69) is 5.32 Å². The first-order chi connectivity index (χ1) is 9.47. The van der Waals surface area contributed by atoms with E-state index < -0.39 is 10.9 Å². The van der Waals surface area contributed by atoms with Crippen molar-refractivity contribution in [2.45, 2.75) is 6.54 Å². The van der Waals surface area contributed by atoms with E-state index >= 15 is 0 Å². The molecule has 2 N–H and O–H groups in total. The predicted molar refractivity (Wildman–Crippen MR) is 76.7 cm³/mol. The molecule has 1 heterocycles. The highest BCUT2D eigenvalue weighted by molar-refractivity contribution is 7.10. The lowest BCUT2D eigenvalue weighted by atomic mass is 10.2. The summed E-state index contributed by atoms with van der Waals surface area (Å²) in [7, 11) is 0. The lowest BCUT2D eigenvalue weighted by Crippen LogP contribution is -2.01. The number of halogens is 1. The average molecular weight is 313 g/mol. The second-order valence-corrected chi connectivity index (χ2v) is 5.31. The van der Waals surface area contributed by atoms with Gasteiger partial charge in [0.05, 0.1) is 10.5 Å². The third-order valence-corrected chi connectivity index (χ3v) is 3.68. The van der Waals surface area contributed by atoms with E-state index in [4.69, 9.17) is 16.7 Å². The molecular weight excluding hydrogens is 304 g/mol. The van der Waals surface area contributed by atoms with Gasteiger partial charge in [0.15, 0.2) is 0 Å². The molecule has 0 aliphatic heterocycles. The quantitative estimate of drug-likeness (QED) is 0.649. The van der Waals surface area contributed by atoms with E-state index in [-0.39, 0.29) is 11.3 Å². The number of hydrogen-bond acceptors (Lipinski definition) is 5. The lowest BCUT2D eigenvalue weighted by molar-refractivity contribution is -0.384. The summed E-state index contributed by atoms with van der Waals surface area (Å²) in [5.74, 6) is -0.999. The van der Waals surface area contributed by atoms with Gasteiger partial charge < -0.3 is 10.4 Å². The molecule has 0 atom stereocenters. The SMILES string of the molecule is O=C(O)c1csc(CNc2cc(Cl)ccc2[N+](=O)[O-])c1. The molecule has 0 fully saturated rings. The summed E-state index contributed by atoms with van der Waals surface area (Å²) in [5, 5.41) is 24.5. The maximum absolute atomic E-state index is 10.9. The summed E-state index contributed by atoms with van der Waals surface area (Å²) in [6.07, 6.45) is 0. The van der Waals surface area contributed by atoms with Crippen molar-refractivity contribution in [3.63, 3.8) is 0 Å². The van der Waals surface area contributed by atoms with Crippen LogP contribution >= 0.6 is 22.9 Å². The highest BCUT2D eigenvalue weighted by Crippen LogP contribution is 2.28. The van der Waals surface area contributed by atoms with Crippen molar-refractivity contribution < 1.29 is 14.8 Å². The van der Waals surface area contributed by atoms with Gasteiger partial charge in [-0.15, -0.1) is 11.3 Å². The number of anilines is 1. The second kappa shape index (κ2) is 5.89. The maximum Gasteiger partial charge on any atom is 0.336 e. The zero-order valence-electron chi connectivity index (χ0n) is 10.00. The Bertz CT molecular complexity index is 671. The standard InChI is InChI=1S/C12H9ClN2O4S/c13-8-1-2-11(15(18)19)10(4-8)14-5-9-3-7(6-20-9)12(16)17/h1-4,6,14H,5H2,(H,16,17). The summed E-state index contributed by atoms with van der Waals surface area (Å²) < 4.78 is 0. The molecule has 0 amide bonds. The second-order valence-electron chi connectivity index (χ2n) is 3.88. The van der Waals surface area contributed by atoms with E-state index in [0.717, 1.165) is 4.88 Å². The maximum atomic E-state index is 10.9. The Hall–Kier alpha value is -2.12. The minimum Gasteiger partial charge on any atom is -0.478 e. The fourth-order valence-electron chi connectivity index (χ4n) is 1.58. The van der Waals surface area contributed by atoms with E-state index in [1.54, 1.807) is 0 Å². The number of nitro benzene ring substituents is 1. The summed E-state index contributed by atoms with van der Waals surface area (Å²) in [6.45, 7) is 0.291. The first-order valence-electron chi connectivity index (χ1n) is 5.46. The third kappa shape index (κ3) is 3.25. The molecule has 0 aliphatic rings. The van der Waals surface area contributed by atoms with Crippen molar-refractivity contribution >= 4 is 40.3 Å². The number of carboxylic acids is 1. The molecule has 2 aromatic rings. The van der Waals surface area contributed by atoms with Crippen LogP contribution in [-0.4, -0.2) is 16.0 Å². The largest absolute Gasteiger partial charge is 0.478 e. The zero-order chi connectivity index (χ0) is 14.7. The van der Waals surface area contributed by atoms with Crippen molar-refractivity contribution in [2.24, 2.45) is 0 Å². The van der Waals surface area contributed by atoms with Gasteiger partial charge >= 0.3 is 5.97 Å². The van der Waals surface area contributed by atoms with Crippen molar-refractivity contribution in [2.75, 3.05) is 5.32 Å². The van der Waals surface area contributed by atoms with Crippen LogP contribution < -0.4 is 5.32 Å². The summed E-state index contributed by atoms with van der Waals surface area (Å²) in [5.41, 5.74) is 0.421. The van der Waals surface area contributed by atoms with Crippen molar-refractivity contribution in [3.05, 3.63) is 55.2 Å². The molecule has 0 radical (unpaired) electrons. The molecule has 8 heteroatoms. The van der Waals surface area contributed by atoms with E-state index in [1.165, 1.54) is 41.0 Å². The van der Waals surface area contributed by atoms with Crippen LogP contribution in [0.2, 0.25) is 5.02 Å². The van der Waals surface area contributed by atoms with Crippen LogP contribution in [0.1, 0.15) is 15.2 Å². The molecule has 2 rings (SSSR count). The zero-order valence-corrected chi connectivity index (χ0v) is 11.6. The first-order valence-corrected chi connectivity index (χ1v) is 6.71. The van der Waals surface area contributed by atoms with Gasteiger partial charge in [0.2, 0.25) is 0 Å². The number of aromatic carboxylic acids is 1. The molecular formula is C12H9ClN2O4S. The molecule has 0 saturated heterocycles. The Labute approximate surface area is 122 Å². The predicted octanol–water partition coefficient (Wildman–Crippen LogP) is 3.62.